The van der Waals surface area contributed by atoms with Crippen molar-refractivity contribution in [2.24, 2.45) is 0 Å². The molecular formula is C49H33N5S. The minimum Gasteiger partial charge on any atom is -0.308 e. The normalized spacial score (nSPS) is 12.2. The van der Waals surface area contributed by atoms with Crippen molar-refractivity contribution < 1.29 is 0 Å². The van der Waals surface area contributed by atoms with E-state index in [1.165, 1.54) is 25.6 Å². The summed E-state index contributed by atoms with van der Waals surface area (Å²) >= 11 is 1.82. The number of rotatable bonds is 6. The maximum atomic E-state index is 5.27. The third kappa shape index (κ3) is 5.63. The summed E-state index contributed by atoms with van der Waals surface area (Å²) in [6.45, 7) is 6.50. The first-order valence-electron chi connectivity index (χ1n) is 18.3. The van der Waals surface area contributed by atoms with E-state index in [-0.39, 0.29) is 0 Å². The molecule has 0 radical (unpaired) electrons. The molecule has 10 rings (SSSR count). The Morgan fingerprint density at radius 1 is 0.564 bits per heavy atom. The number of benzene rings is 6. The lowest BCUT2D eigenvalue weighted by atomic mass is 10.0. The highest BCUT2D eigenvalue weighted by Gasteiger charge is 2.23. The number of aromatic nitrogens is 5. The third-order valence-corrected chi connectivity index (χ3v) is 11.3. The first kappa shape index (κ1) is 32.6. The second kappa shape index (κ2) is 13.4. The van der Waals surface area contributed by atoms with Crippen LogP contribution in [-0.4, -0.2) is 24.5 Å². The zero-order chi connectivity index (χ0) is 36.9. The molecule has 0 N–H and O–H groups in total. The monoisotopic (exact) mass is 723 g/mol. The van der Waals surface area contributed by atoms with Gasteiger partial charge in [0.1, 0.15) is 0 Å². The number of hydrogen-bond acceptors (Lipinski definition) is 5. The second-order valence-electron chi connectivity index (χ2n) is 13.5. The summed E-state index contributed by atoms with van der Waals surface area (Å²) in [5.41, 5.74) is 8.11. The smallest absolute Gasteiger partial charge is 0.164 e. The van der Waals surface area contributed by atoms with Crippen molar-refractivity contribution in [1.82, 2.24) is 24.5 Å². The quantitative estimate of drug-likeness (QED) is 0.171. The SMILES string of the molecule is C=c1nc(-c2ccc3ccccc3c2)c2c(sc3c4ccccc4n(-c4ccc(-c5nc(-c6ccccc6)nc(-c6ccccc6)n5)cc4)c32)/c1=C/C=C\C. The van der Waals surface area contributed by atoms with Crippen molar-refractivity contribution in [2.75, 3.05) is 0 Å². The van der Waals surface area contributed by atoms with Crippen LogP contribution in [0.4, 0.5) is 0 Å². The van der Waals surface area contributed by atoms with Crippen LogP contribution >= 0.6 is 11.3 Å². The fraction of sp³-hybridized carbons (Fsp3) is 0.0204. The summed E-state index contributed by atoms with van der Waals surface area (Å²) in [5, 5.41) is 6.51. The van der Waals surface area contributed by atoms with Gasteiger partial charge in [0.2, 0.25) is 0 Å². The van der Waals surface area contributed by atoms with Crippen molar-refractivity contribution >= 4 is 66.0 Å². The average Bonchev–Trinajstić information content (AvgIpc) is 3.78. The summed E-state index contributed by atoms with van der Waals surface area (Å²) in [6.07, 6.45) is 6.26. The van der Waals surface area contributed by atoms with E-state index in [0.29, 0.717) is 17.5 Å². The summed E-state index contributed by atoms with van der Waals surface area (Å²) in [6, 6.07) is 52.5. The van der Waals surface area contributed by atoms with Gasteiger partial charge in [0.25, 0.3) is 0 Å². The van der Waals surface area contributed by atoms with E-state index >= 15 is 0 Å². The van der Waals surface area contributed by atoms with Gasteiger partial charge in [-0.1, -0.05) is 140 Å². The molecule has 0 saturated carbocycles. The summed E-state index contributed by atoms with van der Waals surface area (Å²) in [4.78, 5) is 20.1. The van der Waals surface area contributed by atoms with Crippen molar-refractivity contribution in [1.29, 1.82) is 0 Å². The second-order valence-corrected chi connectivity index (χ2v) is 14.5. The van der Waals surface area contributed by atoms with E-state index in [2.05, 4.69) is 114 Å². The molecule has 0 aliphatic heterocycles. The number of allylic oxidation sites excluding steroid dienone is 2. The van der Waals surface area contributed by atoms with Crippen LogP contribution in [0.2, 0.25) is 0 Å². The zero-order valence-corrected chi connectivity index (χ0v) is 30.8. The minimum atomic E-state index is 0.623. The molecule has 5 nitrogen and oxygen atoms in total. The molecule has 0 fully saturated rings. The minimum absolute atomic E-state index is 0.623. The van der Waals surface area contributed by atoms with Crippen LogP contribution in [0.15, 0.2) is 164 Å². The Kier molecular flexibility index (Phi) is 7.97. The Labute approximate surface area is 321 Å². The van der Waals surface area contributed by atoms with Gasteiger partial charge >= 0.3 is 0 Å². The van der Waals surface area contributed by atoms with E-state index in [0.717, 1.165) is 60.6 Å². The zero-order valence-electron chi connectivity index (χ0n) is 30.0. The number of pyridine rings is 1. The van der Waals surface area contributed by atoms with Gasteiger partial charge in [-0.15, -0.1) is 11.3 Å². The molecule has 0 bridgehead atoms. The van der Waals surface area contributed by atoms with Crippen LogP contribution < -0.4 is 10.6 Å². The van der Waals surface area contributed by atoms with Gasteiger partial charge in [0.15, 0.2) is 17.5 Å². The number of nitrogens with zero attached hydrogens (tertiary/aromatic N) is 5. The maximum absolute atomic E-state index is 5.27. The van der Waals surface area contributed by atoms with Crippen LogP contribution in [0.3, 0.4) is 0 Å². The van der Waals surface area contributed by atoms with Gasteiger partial charge in [-0.05, 0) is 54.1 Å². The van der Waals surface area contributed by atoms with Crippen LogP contribution in [0.1, 0.15) is 6.92 Å². The van der Waals surface area contributed by atoms with Crippen LogP contribution in [-0.2, 0) is 0 Å². The number of fused-ring (bicyclic) bond motifs is 6. The predicted molar refractivity (Wildman–Crippen MR) is 231 cm³/mol. The molecular weight excluding hydrogens is 691 g/mol. The predicted octanol–water partition coefficient (Wildman–Crippen LogP) is 11.2. The molecule has 260 valence electrons. The molecule has 0 spiro atoms. The molecule has 55 heavy (non-hydrogen) atoms. The van der Waals surface area contributed by atoms with Crippen molar-refractivity contribution in [2.45, 2.75) is 6.92 Å². The Balaban J connectivity index is 1.21. The van der Waals surface area contributed by atoms with Crippen molar-refractivity contribution in [3.63, 3.8) is 0 Å². The highest BCUT2D eigenvalue weighted by molar-refractivity contribution is 7.26. The highest BCUT2D eigenvalue weighted by atomic mass is 32.1. The van der Waals surface area contributed by atoms with Crippen LogP contribution in [0, 0.1) is 0 Å². The third-order valence-electron chi connectivity index (χ3n) is 10.1. The Morgan fingerprint density at radius 2 is 1.15 bits per heavy atom. The fourth-order valence-electron chi connectivity index (χ4n) is 7.47. The first-order valence-corrected chi connectivity index (χ1v) is 19.1. The number of thiophene rings is 1. The van der Waals surface area contributed by atoms with E-state index in [1.54, 1.807) is 0 Å². The van der Waals surface area contributed by atoms with Gasteiger partial charge < -0.3 is 4.57 Å². The lowest BCUT2D eigenvalue weighted by Gasteiger charge is -2.12. The molecule has 4 heterocycles. The summed E-state index contributed by atoms with van der Waals surface area (Å²) in [7, 11) is 0. The lowest BCUT2D eigenvalue weighted by Crippen LogP contribution is -2.27. The lowest BCUT2D eigenvalue weighted by molar-refractivity contribution is 1.07. The van der Waals surface area contributed by atoms with E-state index in [9.17, 15) is 0 Å². The van der Waals surface area contributed by atoms with E-state index < -0.39 is 0 Å². The largest absolute Gasteiger partial charge is 0.308 e. The van der Waals surface area contributed by atoms with Gasteiger partial charge in [-0.3, -0.25) is 0 Å². The van der Waals surface area contributed by atoms with Crippen LogP contribution in [0.25, 0.3) is 106 Å². The van der Waals surface area contributed by atoms with E-state index in [4.69, 9.17) is 19.9 Å². The topological polar surface area (TPSA) is 56.5 Å². The standard InChI is InChI=1S/C49H33N5S/c1-3-4-21-39-31(2)50-43(37-25-24-32-15-11-12-20-36(32)30-37)42-44-46(55-45(39)42)40-22-13-14-23-41(40)54(44)38-28-26-35(27-29-38)49-52-47(33-16-7-5-8-17-33)51-48(53-49)34-18-9-6-10-19-34/h3-30H,2H2,1H3/b4-3-,39-21+. The van der Waals surface area contributed by atoms with Crippen LogP contribution in [0.5, 0.6) is 0 Å². The first-order chi connectivity index (χ1) is 27.1. The molecule has 0 aliphatic carbocycles. The molecule has 0 aliphatic rings. The fourth-order valence-corrected chi connectivity index (χ4v) is 8.83. The molecule has 6 heteroatoms. The van der Waals surface area contributed by atoms with Crippen molar-refractivity contribution in [3.8, 4) is 51.1 Å². The molecule has 0 atom stereocenters. The molecule has 0 unspecified atom stereocenters. The summed E-state index contributed by atoms with van der Waals surface area (Å²) in [5.74, 6) is 1.90. The van der Waals surface area contributed by atoms with E-state index in [1.807, 2.05) is 85.0 Å². The molecule has 0 saturated heterocycles. The molecule has 10 aromatic rings. The van der Waals surface area contributed by atoms with Gasteiger partial charge in [0.05, 0.1) is 26.8 Å². The summed E-state index contributed by atoms with van der Waals surface area (Å²) < 4.78 is 4.78. The van der Waals surface area contributed by atoms with Gasteiger partial charge in [0, 0.05) is 48.6 Å². The number of para-hydroxylation sites is 1. The average molecular weight is 724 g/mol. The molecule has 6 aromatic carbocycles. The molecule has 0 amide bonds. The van der Waals surface area contributed by atoms with Gasteiger partial charge in [-0.2, -0.15) is 0 Å². The highest BCUT2D eigenvalue weighted by Crippen LogP contribution is 2.44. The Morgan fingerprint density at radius 3 is 1.82 bits per heavy atom. The Hall–Kier alpha value is -7.02. The maximum Gasteiger partial charge on any atom is 0.164 e. The van der Waals surface area contributed by atoms with Crippen molar-refractivity contribution in [3.05, 3.63) is 174 Å². The number of hydrogen-bond donors (Lipinski definition) is 0. The Bertz CT molecular complexity index is 3160. The molecule has 4 aromatic heterocycles. The van der Waals surface area contributed by atoms with Gasteiger partial charge in [-0.25, -0.2) is 19.9 Å².